The lowest BCUT2D eigenvalue weighted by molar-refractivity contribution is 0.227. The molecule has 29 heavy (non-hydrogen) atoms. The fourth-order valence-electron chi connectivity index (χ4n) is 2.87. The fraction of sp³-hybridized carbons (Fsp3) is 0.105. The van der Waals surface area contributed by atoms with Crippen LogP contribution in [0.25, 0.3) is 22.4 Å². The number of fused-ring (bicyclic) bond motifs is 1. The summed E-state index contributed by atoms with van der Waals surface area (Å²) >= 11 is 12.2. The third-order valence-corrected chi connectivity index (χ3v) is 4.99. The highest BCUT2D eigenvalue weighted by atomic mass is 35.5. The molecule has 0 aliphatic rings. The van der Waals surface area contributed by atoms with Crippen molar-refractivity contribution in [1.29, 1.82) is 0 Å². The third-order valence-electron chi connectivity index (χ3n) is 4.28. The van der Waals surface area contributed by atoms with Crippen molar-refractivity contribution in [3.63, 3.8) is 0 Å². The average Bonchev–Trinajstić information content (AvgIpc) is 3.06. The Morgan fingerprint density at radius 2 is 1.93 bits per heavy atom. The summed E-state index contributed by atoms with van der Waals surface area (Å²) in [6.07, 6.45) is 2.38. The largest absolute Gasteiger partial charge is 0.482 e. The third kappa shape index (κ3) is 3.64. The van der Waals surface area contributed by atoms with Crippen LogP contribution in [-0.2, 0) is 0 Å². The van der Waals surface area contributed by atoms with Crippen molar-refractivity contribution in [3.05, 3.63) is 68.6 Å². The van der Waals surface area contributed by atoms with Gasteiger partial charge in [0, 0.05) is 34.1 Å². The Hall–Kier alpha value is -3.10. The van der Waals surface area contributed by atoms with Crippen molar-refractivity contribution in [1.82, 2.24) is 15.0 Å². The second-order valence-corrected chi connectivity index (χ2v) is 6.99. The number of pyridine rings is 2. The molecule has 0 aliphatic heterocycles. The highest BCUT2D eigenvalue weighted by Crippen LogP contribution is 2.37. The monoisotopic (exact) mass is 434 g/mol. The zero-order valence-corrected chi connectivity index (χ0v) is 16.4. The number of nitrogens with two attached hydrogens (primary N) is 1. The summed E-state index contributed by atoms with van der Waals surface area (Å²) in [6.45, 7) is 1.67. The van der Waals surface area contributed by atoms with Crippen LogP contribution in [0.5, 0.6) is 5.75 Å². The van der Waals surface area contributed by atoms with Gasteiger partial charge in [0.1, 0.15) is 11.9 Å². The summed E-state index contributed by atoms with van der Waals surface area (Å²) in [4.78, 5) is 22.1. The molecular formula is C19H13Cl2FN4O3. The van der Waals surface area contributed by atoms with Crippen LogP contribution < -0.4 is 16.2 Å². The van der Waals surface area contributed by atoms with E-state index in [2.05, 4.69) is 15.0 Å². The summed E-state index contributed by atoms with van der Waals surface area (Å²) in [5.41, 5.74) is 8.13. The van der Waals surface area contributed by atoms with Crippen molar-refractivity contribution in [2.24, 2.45) is 0 Å². The zero-order chi connectivity index (χ0) is 20.7. The van der Waals surface area contributed by atoms with Crippen molar-refractivity contribution >= 4 is 40.2 Å². The summed E-state index contributed by atoms with van der Waals surface area (Å²) in [5.74, 6) is -0.816. The van der Waals surface area contributed by atoms with Gasteiger partial charge in [-0.25, -0.2) is 19.2 Å². The van der Waals surface area contributed by atoms with E-state index in [9.17, 15) is 9.18 Å². The van der Waals surface area contributed by atoms with Crippen molar-refractivity contribution in [2.75, 3.05) is 5.73 Å². The first kappa shape index (κ1) is 19.2. The number of benzene rings is 1. The van der Waals surface area contributed by atoms with Crippen molar-refractivity contribution in [3.8, 4) is 16.9 Å². The van der Waals surface area contributed by atoms with Gasteiger partial charge in [-0.2, -0.15) is 0 Å². The average molecular weight is 435 g/mol. The van der Waals surface area contributed by atoms with E-state index in [0.29, 0.717) is 27.9 Å². The molecule has 4 rings (SSSR count). The van der Waals surface area contributed by atoms with Gasteiger partial charge in [-0.05, 0) is 31.2 Å². The molecule has 10 heteroatoms. The van der Waals surface area contributed by atoms with Crippen LogP contribution in [0.1, 0.15) is 18.6 Å². The van der Waals surface area contributed by atoms with Crippen LogP contribution >= 0.6 is 23.2 Å². The maximum Gasteiger partial charge on any atom is 0.418 e. The van der Waals surface area contributed by atoms with Crippen LogP contribution in [0.15, 0.2) is 45.9 Å². The second-order valence-electron chi connectivity index (χ2n) is 6.21. The molecule has 4 aromatic rings. The maximum atomic E-state index is 13.8. The number of halogens is 3. The summed E-state index contributed by atoms with van der Waals surface area (Å²) in [5, 5.41) is 0.147. The number of ether oxygens (including phenoxy) is 1. The van der Waals surface area contributed by atoms with Crippen LogP contribution in [0, 0.1) is 5.82 Å². The molecule has 0 saturated carbocycles. The lowest BCUT2D eigenvalue weighted by Crippen LogP contribution is -2.08. The Kier molecular flexibility index (Phi) is 4.89. The molecule has 1 aromatic carbocycles. The van der Waals surface area contributed by atoms with E-state index in [-0.39, 0.29) is 21.6 Å². The molecule has 0 aliphatic carbocycles. The molecule has 0 fully saturated rings. The van der Waals surface area contributed by atoms with E-state index in [1.54, 1.807) is 25.3 Å². The molecule has 0 bridgehead atoms. The van der Waals surface area contributed by atoms with Gasteiger partial charge in [0.25, 0.3) is 0 Å². The molecule has 0 saturated heterocycles. The Balaban J connectivity index is 1.70. The Labute approximate surface area is 173 Å². The number of aromatic nitrogens is 3. The summed E-state index contributed by atoms with van der Waals surface area (Å²) < 4.78 is 24.7. The van der Waals surface area contributed by atoms with Crippen LogP contribution in [-0.4, -0.2) is 15.0 Å². The van der Waals surface area contributed by atoms with Gasteiger partial charge < -0.3 is 14.9 Å². The Bertz CT molecular complexity index is 1290. The lowest BCUT2D eigenvalue weighted by atomic mass is 10.1. The van der Waals surface area contributed by atoms with Crippen LogP contribution in [0.2, 0.25) is 10.0 Å². The first-order chi connectivity index (χ1) is 13.8. The molecule has 0 radical (unpaired) electrons. The molecule has 3 heterocycles. The molecule has 1 unspecified atom stereocenters. The molecule has 1 atom stereocenters. The predicted octanol–water partition coefficient (Wildman–Crippen LogP) is 4.75. The van der Waals surface area contributed by atoms with Crippen molar-refractivity contribution in [2.45, 2.75) is 13.0 Å². The van der Waals surface area contributed by atoms with Gasteiger partial charge in [0.15, 0.2) is 22.8 Å². The first-order valence-corrected chi connectivity index (χ1v) is 9.14. The number of hydrogen-bond donors (Lipinski definition) is 2. The molecule has 3 N–H and O–H groups in total. The van der Waals surface area contributed by atoms with Gasteiger partial charge in [0.2, 0.25) is 0 Å². The number of rotatable bonds is 4. The summed E-state index contributed by atoms with van der Waals surface area (Å²) in [6, 6.07) is 5.87. The van der Waals surface area contributed by atoms with Crippen LogP contribution in [0.4, 0.5) is 10.2 Å². The molecular weight excluding hydrogens is 422 g/mol. The molecule has 3 aromatic heterocycles. The standard InChI is InChI=1S/C19H13Cl2FN4O3/c1-8(15-11(20)2-3-12(22)16(15)21)28-13-4-9(6-24-17(13)23)10-5-14-18(25-7-10)26-19(27)29-14/h2-8H,1H3,(H2,23,24)(H,25,26,27). The van der Waals surface area contributed by atoms with E-state index in [1.807, 2.05) is 0 Å². The highest BCUT2D eigenvalue weighted by Gasteiger charge is 2.20. The highest BCUT2D eigenvalue weighted by molar-refractivity contribution is 6.36. The Morgan fingerprint density at radius 1 is 1.21 bits per heavy atom. The normalized spacial score (nSPS) is 12.3. The number of nitrogens with zero attached hydrogens (tertiary/aromatic N) is 2. The number of hydrogen-bond acceptors (Lipinski definition) is 6. The van der Waals surface area contributed by atoms with Gasteiger partial charge in [-0.1, -0.05) is 23.2 Å². The number of oxazole rings is 1. The minimum atomic E-state index is -0.701. The number of aromatic amines is 1. The maximum absolute atomic E-state index is 13.8. The van der Waals surface area contributed by atoms with E-state index in [0.717, 1.165) is 0 Å². The smallest absolute Gasteiger partial charge is 0.418 e. The SMILES string of the molecule is CC(Oc1cc(-c2cnc3[nH]c(=O)oc3c2)cnc1N)c1c(Cl)ccc(F)c1Cl. The number of H-pyrrole nitrogens is 1. The quantitative estimate of drug-likeness (QED) is 0.448. The number of nitrogens with one attached hydrogen (secondary N) is 1. The van der Waals surface area contributed by atoms with E-state index < -0.39 is 17.7 Å². The molecule has 7 nitrogen and oxygen atoms in total. The summed E-state index contributed by atoms with van der Waals surface area (Å²) in [7, 11) is 0. The Morgan fingerprint density at radius 3 is 2.72 bits per heavy atom. The molecule has 0 amide bonds. The minimum absolute atomic E-state index is 0.121. The van der Waals surface area contributed by atoms with Crippen LogP contribution in [0.3, 0.4) is 0 Å². The van der Waals surface area contributed by atoms with E-state index in [4.69, 9.17) is 38.1 Å². The number of anilines is 1. The lowest BCUT2D eigenvalue weighted by Gasteiger charge is -2.19. The minimum Gasteiger partial charge on any atom is -0.482 e. The van der Waals surface area contributed by atoms with Crippen molar-refractivity contribution < 1.29 is 13.5 Å². The second kappa shape index (κ2) is 7.38. The number of nitrogen functional groups attached to an aromatic ring is 1. The topological polar surface area (TPSA) is 107 Å². The first-order valence-electron chi connectivity index (χ1n) is 8.38. The van der Waals surface area contributed by atoms with Gasteiger partial charge in [-0.3, -0.25) is 4.98 Å². The van der Waals surface area contributed by atoms with E-state index >= 15 is 0 Å². The van der Waals surface area contributed by atoms with Gasteiger partial charge in [0.05, 0.1) is 5.02 Å². The van der Waals surface area contributed by atoms with Gasteiger partial charge >= 0.3 is 5.76 Å². The van der Waals surface area contributed by atoms with Gasteiger partial charge in [-0.15, -0.1) is 0 Å². The zero-order valence-electron chi connectivity index (χ0n) is 14.9. The molecule has 0 spiro atoms. The fourth-order valence-corrected chi connectivity index (χ4v) is 3.55. The predicted molar refractivity (Wildman–Crippen MR) is 108 cm³/mol. The molecule has 148 valence electrons. The van der Waals surface area contributed by atoms with E-state index in [1.165, 1.54) is 18.3 Å².